The fourth-order valence-electron chi connectivity index (χ4n) is 2.70. The minimum absolute atomic E-state index is 0.0646. The summed E-state index contributed by atoms with van der Waals surface area (Å²) in [7, 11) is 0. The van der Waals surface area contributed by atoms with Gasteiger partial charge in [-0.3, -0.25) is 9.69 Å². The van der Waals surface area contributed by atoms with E-state index in [0.717, 1.165) is 18.7 Å². The van der Waals surface area contributed by atoms with Crippen LogP contribution in [0.5, 0.6) is 0 Å². The maximum atomic E-state index is 12.1. The van der Waals surface area contributed by atoms with Gasteiger partial charge in [0.25, 0.3) is 0 Å². The lowest BCUT2D eigenvalue weighted by molar-refractivity contribution is -0.151. The van der Waals surface area contributed by atoms with Crippen LogP contribution in [0.25, 0.3) is 0 Å². The summed E-state index contributed by atoms with van der Waals surface area (Å²) in [5.41, 5.74) is 1.69. The van der Waals surface area contributed by atoms with E-state index < -0.39 is 0 Å². The molecule has 5 heteroatoms. The highest BCUT2D eigenvalue weighted by atomic mass is 16.5. The molecule has 0 amide bonds. The Kier molecular flexibility index (Phi) is 5.32. The molecule has 1 N–H and O–H groups in total. The molecule has 2 atom stereocenters. The molecule has 0 aliphatic carbocycles. The van der Waals surface area contributed by atoms with E-state index in [1.54, 1.807) is 6.07 Å². The minimum Gasteiger partial charge on any atom is -0.465 e. The van der Waals surface area contributed by atoms with Crippen molar-refractivity contribution in [2.24, 2.45) is 0 Å². The van der Waals surface area contributed by atoms with Crippen LogP contribution in [0.15, 0.2) is 24.3 Å². The summed E-state index contributed by atoms with van der Waals surface area (Å²) in [5, 5.41) is 12.3. The molecule has 2 unspecified atom stereocenters. The Hall–Kier alpha value is -1.90. The number of hydrogen-bond acceptors (Lipinski definition) is 5. The van der Waals surface area contributed by atoms with Crippen molar-refractivity contribution in [2.45, 2.75) is 25.9 Å². The Morgan fingerprint density at radius 3 is 3.14 bits per heavy atom. The van der Waals surface area contributed by atoms with E-state index in [1.807, 2.05) is 25.1 Å². The molecular weight excluding hydrogens is 266 g/mol. The SMILES string of the molecule is CCOC(=O)C1CNCCN1C(C)c1cccc(C#N)c1. The molecule has 5 nitrogen and oxygen atoms in total. The molecule has 0 spiro atoms. The monoisotopic (exact) mass is 287 g/mol. The number of esters is 1. The first-order valence-corrected chi connectivity index (χ1v) is 7.30. The molecule has 0 aromatic heterocycles. The number of nitrogens with zero attached hydrogens (tertiary/aromatic N) is 2. The van der Waals surface area contributed by atoms with Crippen molar-refractivity contribution in [3.63, 3.8) is 0 Å². The maximum Gasteiger partial charge on any atom is 0.324 e. The third-order valence-electron chi connectivity index (χ3n) is 3.84. The second kappa shape index (κ2) is 7.21. The van der Waals surface area contributed by atoms with Crippen molar-refractivity contribution in [1.82, 2.24) is 10.2 Å². The smallest absolute Gasteiger partial charge is 0.324 e. The molecule has 1 aliphatic heterocycles. The number of carbonyl (C=O) groups is 1. The van der Waals surface area contributed by atoms with E-state index in [9.17, 15) is 4.79 Å². The molecule has 0 radical (unpaired) electrons. The van der Waals surface area contributed by atoms with Gasteiger partial charge in [0.1, 0.15) is 6.04 Å². The highest BCUT2D eigenvalue weighted by Crippen LogP contribution is 2.24. The van der Waals surface area contributed by atoms with E-state index in [1.165, 1.54) is 0 Å². The van der Waals surface area contributed by atoms with E-state index in [4.69, 9.17) is 10.00 Å². The second-order valence-electron chi connectivity index (χ2n) is 5.12. The van der Waals surface area contributed by atoms with Crippen molar-refractivity contribution in [3.05, 3.63) is 35.4 Å². The van der Waals surface area contributed by atoms with Gasteiger partial charge in [0.05, 0.1) is 18.2 Å². The van der Waals surface area contributed by atoms with Gasteiger partial charge >= 0.3 is 5.97 Å². The molecule has 21 heavy (non-hydrogen) atoms. The van der Waals surface area contributed by atoms with Crippen molar-refractivity contribution < 1.29 is 9.53 Å². The number of benzene rings is 1. The summed E-state index contributed by atoms with van der Waals surface area (Å²) in [6, 6.07) is 9.49. The number of rotatable bonds is 4. The summed E-state index contributed by atoms with van der Waals surface area (Å²) in [5.74, 6) is -0.187. The van der Waals surface area contributed by atoms with Gasteiger partial charge in [-0.25, -0.2) is 0 Å². The number of ether oxygens (including phenoxy) is 1. The lowest BCUT2D eigenvalue weighted by Gasteiger charge is -2.38. The standard InChI is InChI=1S/C16H21N3O2/c1-3-21-16(20)15-11-18-7-8-19(15)12(2)14-6-4-5-13(9-14)10-17/h4-6,9,12,15,18H,3,7-8,11H2,1-2H3. The number of carbonyl (C=O) groups excluding carboxylic acids is 1. The average Bonchev–Trinajstić information content (AvgIpc) is 2.54. The molecule has 1 heterocycles. The van der Waals surface area contributed by atoms with Crippen LogP contribution < -0.4 is 5.32 Å². The Bertz CT molecular complexity index is 539. The fraction of sp³-hybridized carbons (Fsp3) is 0.500. The molecule has 1 fully saturated rings. The summed E-state index contributed by atoms with van der Waals surface area (Å²) >= 11 is 0. The summed E-state index contributed by atoms with van der Waals surface area (Å²) in [4.78, 5) is 14.3. The van der Waals surface area contributed by atoms with Crippen LogP contribution in [-0.4, -0.2) is 43.2 Å². The maximum absolute atomic E-state index is 12.1. The fourth-order valence-corrected chi connectivity index (χ4v) is 2.70. The highest BCUT2D eigenvalue weighted by molar-refractivity contribution is 5.76. The number of hydrogen-bond donors (Lipinski definition) is 1. The van der Waals surface area contributed by atoms with E-state index in [2.05, 4.69) is 23.2 Å². The second-order valence-corrected chi connectivity index (χ2v) is 5.12. The van der Waals surface area contributed by atoms with Gasteiger partial charge in [0.2, 0.25) is 0 Å². The zero-order valence-electron chi connectivity index (χ0n) is 12.5. The van der Waals surface area contributed by atoms with Crippen LogP contribution in [0.1, 0.15) is 31.0 Å². The molecule has 0 saturated carbocycles. The number of piperazine rings is 1. The Morgan fingerprint density at radius 2 is 2.43 bits per heavy atom. The van der Waals surface area contributed by atoms with Gasteiger partial charge in [0, 0.05) is 25.7 Å². The van der Waals surface area contributed by atoms with Crippen LogP contribution in [0, 0.1) is 11.3 Å². The van der Waals surface area contributed by atoms with Gasteiger partial charge in [-0.1, -0.05) is 12.1 Å². The lowest BCUT2D eigenvalue weighted by Crippen LogP contribution is -2.55. The van der Waals surface area contributed by atoms with Gasteiger partial charge in [-0.05, 0) is 31.5 Å². The van der Waals surface area contributed by atoms with Crippen molar-refractivity contribution in [2.75, 3.05) is 26.2 Å². The first-order chi connectivity index (χ1) is 10.2. The quantitative estimate of drug-likeness (QED) is 0.849. The van der Waals surface area contributed by atoms with Gasteiger partial charge in [0.15, 0.2) is 0 Å². The Balaban J connectivity index is 2.20. The minimum atomic E-state index is -0.278. The van der Waals surface area contributed by atoms with Crippen LogP contribution in [-0.2, 0) is 9.53 Å². The number of nitriles is 1. The Morgan fingerprint density at radius 1 is 1.62 bits per heavy atom. The molecule has 1 saturated heterocycles. The van der Waals surface area contributed by atoms with Crippen LogP contribution in [0.2, 0.25) is 0 Å². The van der Waals surface area contributed by atoms with Crippen molar-refractivity contribution in [3.8, 4) is 6.07 Å². The third-order valence-corrected chi connectivity index (χ3v) is 3.84. The van der Waals surface area contributed by atoms with Crippen molar-refractivity contribution >= 4 is 5.97 Å². The molecule has 112 valence electrons. The molecule has 1 aliphatic rings. The van der Waals surface area contributed by atoms with E-state index in [-0.39, 0.29) is 18.1 Å². The zero-order chi connectivity index (χ0) is 15.2. The molecule has 0 bridgehead atoms. The highest BCUT2D eigenvalue weighted by Gasteiger charge is 2.33. The molecule has 1 aromatic carbocycles. The van der Waals surface area contributed by atoms with E-state index >= 15 is 0 Å². The first-order valence-electron chi connectivity index (χ1n) is 7.30. The molecule has 1 aromatic rings. The predicted octanol–water partition coefficient (Wildman–Crippen LogP) is 1.46. The topological polar surface area (TPSA) is 65.4 Å². The summed E-state index contributed by atoms with van der Waals surface area (Å²) in [6.07, 6.45) is 0. The van der Waals surface area contributed by atoms with Gasteiger partial charge in [-0.15, -0.1) is 0 Å². The average molecular weight is 287 g/mol. The van der Waals surface area contributed by atoms with Gasteiger partial charge in [-0.2, -0.15) is 5.26 Å². The van der Waals surface area contributed by atoms with Crippen LogP contribution >= 0.6 is 0 Å². The van der Waals surface area contributed by atoms with Crippen molar-refractivity contribution in [1.29, 1.82) is 5.26 Å². The summed E-state index contributed by atoms with van der Waals surface area (Å²) in [6.45, 7) is 6.49. The van der Waals surface area contributed by atoms with Gasteiger partial charge < -0.3 is 10.1 Å². The van der Waals surface area contributed by atoms with E-state index in [0.29, 0.717) is 18.7 Å². The normalized spacial score (nSPS) is 20.5. The number of nitrogens with one attached hydrogen (secondary N) is 1. The first kappa shape index (κ1) is 15.5. The largest absolute Gasteiger partial charge is 0.465 e. The molecule has 2 rings (SSSR count). The predicted molar refractivity (Wildman–Crippen MR) is 79.6 cm³/mol. The van der Waals surface area contributed by atoms with Crippen LogP contribution in [0.4, 0.5) is 0 Å². The third kappa shape index (κ3) is 3.60. The lowest BCUT2D eigenvalue weighted by atomic mass is 10.0. The molecular formula is C16H21N3O2. The zero-order valence-corrected chi connectivity index (χ0v) is 12.5. The Labute approximate surface area is 125 Å². The van der Waals surface area contributed by atoms with Crippen LogP contribution in [0.3, 0.4) is 0 Å². The summed E-state index contributed by atoms with van der Waals surface area (Å²) < 4.78 is 5.17.